The van der Waals surface area contributed by atoms with Crippen LogP contribution in [0.2, 0.25) is 0 Å². The number of Topliss-reactive ketones (excluding diaryl/α,β-unsaturated/α-hetero) is 1. The Bertz CT molecular complexity index is 959. The summed E-state index contributed by atoms with van der Waals surface area (Å²) in [7, 11) is 0. The van der Waals surface area contributed by atoms with E-state index in [9.17, 15) is 19.2 Å². The predicted molar refractivity (Wildman–Crippen MR) is 102 cm³/mol. The van der Waals surface area contributed by atoms with Crippen molar-refractivity contribution in [3.63, 3.8) is 0 Å². The molecule has 144 valence electrons. The second kappa shape index (κ2) is 7.38. The molecular formula is C22H21NO5. The van der Waals surface area contributed by atoms with Crippen molar-refractivity contribution in [1.29, 1.82) is 0 Å². The van der Waals surface area contributed by atoms with E-state index in [1.54, 1.807) is 36.4 Å². The number of aryl methyl sites for hydroxylation is 2. The van der Waals surface area contributed by atoms with Crippen molar-refractivity contribution in [3.8, 4) is 0 Å². The van der Waals surface area contributed by atoms with Gasteiger partial charge < -0.3 is 4.74 Å². The van der Waals surface area contributed by atoms with Gasteiger partial charge in [-0.1, -0.05) is 24.3 Å². The minimum atomic E-state index is -1.14. The Morgan fingerprint density at radius 1 is 0.893 bits per heavy atom. The van der Waals surface area contributed by atoms with E-state index >= 15 is 0 Å². The molecule has 1 aliphatic rings. The van der Waals surface area contributed by atoms with Crippen LogP contribution in [-0.2, 0) is 9.53 Å². The number of carbonyl (C=O) groups excluding carboxylic acids is 4. The first-order chi connectivity index (χ1) is 13.2. The minimum Gasteiger partial charge on any atom is -0.453 e. The average Bonchev–Trinajstić information content (AvgIpc) is 2.93. The smallest absolute Gasteiger partial charge is 0.329 e. The molecule has 2 amide bonds. The van der Waals surface area contributed by atoms with Crippen LogP contribution in [0.4, 0.5) is 0 Å². The number of esters is 1. The van der Waals surface area contributed by atoms with E-state index in [1.807, 2.05) is 19.9 Å². The van der Waals surface area contributed by atoms with Gasteiger partial charge >= 0.3 is 5.97 Å². The molecule has 2 aromatic carbocycles. The van der Waals surface area contributed by atoms with Gasteiger partial charge in [-0.2, -0.15) is 0 Å². The number of ketones is 1. The molecule has 1 aliphatic heterocycles. The highest BCUT2D eigenvalue weighted by atomic mass is 16.5. The standard InChI is InChI=1S/C22H21NO5/c1-12-9-10-16(11-13(12)2)19(24)15(4)28-22(27)14(3)23-20(25)17-7-5-6-8-18(17)21(23)26/h5-11,14-15H,1-4H3/t14-,15-/m1/s1. The van der Waals surface area contributed by atoms with Crippen LogP contribution in [0.25, 0.3) is 0 Å². The third kappa shape index (κ3) is 3.33. The van der Waals surface area contributed by atoms with Gasteiger partial charge in [-0.3, -0.25) is 19.3 Å². The number of imide groups is 1. The lowest BCUT2D eigenvalue weighted by atomic mass is 10.0. The molecule has 0 N–H and O–H groups in total. The fourth-order valence-corrected chi connectivity index (χ4v) is 3.12. The normalized spacial score (nSPS) is 15.2. The third-order valence-corrected chi connectivity index (χ3v) is 5.01. The number of hydrogen-bond acceptors (Lipinski definition) is 5. The lowest BCUT2D eigenvalue weighted by Crippen LogP contribution is -2.45. The molecule has 6 nitrogen and oxygen atoms in total. The zero-order valence-electron chi connectivity index (χ0n) is 16.2. The Morgan fingerprint density at radius 2 is 1.46 bits per heavy atom. The number of benzene rings is 2. The predicted octanol–water partition coefficient (Wildman–Crippen LogP) is 3.10. The lowest BCUT2D eigenvalue weighted by Gasteiger charge is -2.22. The van der Waals surface area contributed by atoms with Crippen LogP contribution >= 0.6 is 0 Å². The largest absolute Gasteiger partial charge is 0.453 e. The Morgan fingerprint density at radius 3 is 2.00 bits per heavy atom. The van der Waals surface area contributed by atoms with Gasteiger partial charge in [0.1, 0.15) is 6.04 Å². The van der Waals surface area contributed by atoms with Crippen LogP contribution in [0.3, 0.4) is 0 Å². The molecule has 0 bridgehead atoms. The summed E-state index contributed by atoms with van der Waals surface area (Å²) in [4.78, 5) is 51.0. The third-order valence-electron chi connectivity index (χ3n) is 5.01. The highest BCUT2D eigenvalue weighted by Gasteiger charge is 2.41. The number of hydrogen-bond donors (Lipinski definition) is 0. The number of rotatable bonds is 5. The Kier molecular flexibility index (Phi) is 5.14. The molecule has 28 heavy (non-hydrogen) atoms. The molecule has 2 atom stereocenters. The zero-order chi connectivity index (χ0) is 20.6. The van der Waals surface area contributed by atoms with Crippen LogP contribution in [0.15, 0.2) is 42.5 Å². The fourth-order valence-electron chi connectivity index (χ4n) is 3.12. The molecule has 0 aromatic heterocycles. The highest BCUT2D eigenvalue weighted by molar-refractivity contribution is 6.22. The van der Waals surface area contributed by atoms with Crippen molar-refractivity contribution in [2.24, 2.45) is 0 Å². The summed E-state index contributed by atoms with van der Waals surface area (Å²) >= 11 is 0. The maximum absolute atomic E-state index is 12.6. The van der Waals surface area contributed by atoms with E-state index in [2.05, 4.69) is 0 Å². The first kappa shape index (κ1) is 19.5. The molecule has 3 rings (SSSR count). The number of carbonyl (C=O) groups is 4. The topological polar surface area (TPSA) is 80.8 Å². The SMILES string of the molecule is Cc1ccc(C(=O)[C@@H](C)OC(=O)[C@@H](C)N2C(=O)c3ccccc3C2=O)cc1C. The minimum absolute atomic E-state index is 0.256. The van der Waals surface area contributed by atoms with Crippen molar-refractivity contribution in [1.82, 2.24) is 4.90 Å². The van der Waals surface area contributed by atoms with Gasteiger partial charge in [0.05, 0.1) is 11.1 Å². The lowest BCUT2D eigenvalue weighted by molar-refractivity contribution is -0.150. The number of nitrogens with zero attached hydrogens (tertiary/aromatic N) is 1. The van der Waals surface area contributed by atoms with Crippen LogP contribution in [0.5, 0.6) is 0 Å². The van der Waals surface area contributed by atoms with Crippen molar-refractivity contribution < 1.29 is 23.9 Å². The molecule has 0 spiro atoms. The van der Waals surface area contributed by atoms with E-state index in [4.69, 9.17) is 4.74 Å². The molecule has 2 aromatic rings. The number of ether oxygens (including phenoxy) is 1. The van der Waals surface area contributed by atoms with Crippen LogP contribution in [-0.4, -0.2) is 40.6 Å². The average molecular weight is 379 g/mol. The molecule has 0 radical (unpaired) electrons. The second-order valence-corrected chi connectivity index (χ2v) is 6.94. The van der Waals surface area contributed by atoms with E-state index < -0.39 is 29.9 Å². The molecular weight excluding hydrogens is 358 g/mol. The van der Waals surface area contributed by atoms with Crippen molar-refractivity contribution in [2.45, 2.75) is 39.8 Å². The van der Waals surface area contributed by atoms with Gasteiger partial charge in [-0.15, -0.1) is 0 Å². The maximum Gasteiger partial charge on any atom is 0.329 e. The molecule has 0 fully saturated rings. The zero-order valence-corrected chi connectivity index (χ0v) is 16.2. The van der Waals surface area contributed by atoms with Crippen LogP contribution < -0.4 is 0 Å². The van der Waals surface area contributed by atoms with Gasteiger partial charge in [0.2, 0.25) is 5.78 Å². The van der Waals surface area contributed by atoms with Crippen LogP contribution in [0.1, 0.15) is 56.0 Å². The Balaban J connectivity index is 1.72. The molecule has 0 saturated heterocycles. The number of fused-ring (bicyclic) bond motifs is 1. The Hall–Kier alpha value is -3.28. The summed E-state index contributed by atoms with van der Waals surface area (Å²) in [5.41, 5.74) is 2.97. The number of amides is 2. The maximum atomic E-state index is 12.6. The van der Waals surface area contributed by atoms with E-state index in [1.165, 1.54) is 13.8 Å². The summed E-state index contributed by atoms with van der Waals surface area (Å²) in [6, 6.07) is 10.5. The summed E-state index contributed by atoms with van der Waals surface area (Å²) in [6.07, 6.45) is -1.03. The molecule has 0 saturated carbocycles. The fraction of sp³-hybridized carbons (Fsp3) is 0.273. The van der Waals surface area contributed by atoms with E-state index in [0.29, 0.717) is 5.56 Å². The second-order valence-electron chi connectivity index (χ2n) is 6.94. The van der Waals surface area contributed by atoms with Crippen molar-refractivity contribution in [3.05, 3.63) is 70.3 Å². The molecule has 6 heteroatoms. The molecule has 0 unspecified atom stereocenters. The highest BCUT2D eigenvalue weighted by Crippen LogP contribution is 2.25. The summed E-state index contributed by atoms with van der Waals surface area (Å²) in [5, 5.41) is 0. The summed E-state index contributed by atoms with van der Waals surface area (Å²) in [5.74, 6) is -2.23. The van der Waals surface area contributed by atoms with Crippen molar-refractivity contribution >= 4 is 23.6 Å². The molecule has 0 aliphatic carbocycles. The monoisotopic (exact) mass is 379 g/mol. The quantitative estimate of drug-likeness (QED) is 0.453. The Labute approximate surface area is 163 Å². The van der Waals surface area contributed by atoms with E-state index in [-0.39, 0.29) is 16.9 Å². The van der Waals surface area contributed by atoms with Gasteiger partial charge in [-0.05, 0) is 57.0 Å². The summed E-state index contributed by atoms with van der Waals surface area (Å²) < 4.78 is 5.27. The first-order valence-electron chi connectivity index (χ1n) is 9.01. The molecule has 1 heterocycles. The summed E-state index contributed by atoms with van der Waals surface area (Å²) in [6.45, 7) is 6.73. The van der Waals surface area contributed by atoms with Gasteiger partial charge in [0.15, 0.2) is 6.10 Å². The van der Waals surface area contributed by atoms with Gasteiger partial charge in [0, 0.05) is 5.56 Å². The van der Waals surface area contributed by atoms with Gasteiger partial charge in [-0.25, -0.2) is 4.79 Å². The van der Waals surface area contributed by atoms with E-state index in [0.717, 1.165) is 16.0 Å². The van der Waals surface area contributed by atoms with Crippen LogP contribution in [0, 0.1) is 13.8 Å². The van der Waals surface area contributed by atoms with Crippen molar-refractivity contribution in [2.75, 3.05) is 0 Å². The van der Waals surface area contributed by atoms with Gasteiger partial charge in [0.25, 0.3) is 11.8 Å². The first-order valence-corrected chi connectivity index (χ1v) is 9.01.